The maximum absolute atomic E-state index is 12.9. The second kappa shape index (κ2) is 9.31. The van der Waals surface area contributed by atoms with Crippen LogP contribution in [0.15, 0.2) is 22.7 Å². The number of rotatable bonds is 7. The van der Waals surface area contributed by atoms with Gasteiger partial charge in [-0.25, -0.2) is 0 Å². The highest BCUT2D eigenvalue weighted by atomic mass is 19.4. The molecule has 1 fully saturated rings. The highest BCUT2D eigenvalue weighted by Gasteiger charge is 2.34. The lowest BCUT2D eigenvalue weighted by atomic mass is 10.1. The molecule has 0 unspecified atom stereocenters. The Kier molecular flexibility index (Phi) is 6.76. The number of aryl methyl sites for hydroxylation is 2. The van der Waals surface area contributed by atoms with Crippen LogP contribution >= 0.6 is 0 Å². The molecule has 1 amide bonds. The topological polar surface area (TPSA) is 106 Å². The second-order valence-electron chi connectivity index (χ2n) is 7.18. The van der Waals surface area contributed by atoms with Gasteiger partial charge in [-0.15, -0.1) is 0 Å². The molecule has 0 radical (unpaired) electrons. The highest BCUT2D eigenvalue weighted by molar-refractivity contribution is 5.77. The molecule has 1 aromatic carbocycles. The number of nitro groups is 1. The molecule has 0 N–H and O–H groups in total. The minimum absolute atomic E-state index is 0.111. The predicted octanol–water partition coefficient (Wildman–Crippen LogP) is 3.23. The largest absolute Gasteiger partial charge is 0.416 e. The van der Waals surface area contributed by atoms with Crippen LogP contribution in [0.3, 0.4) is 0 Å². The van der Waals surface area contributed by atoms with Crippen molar-refractivity contribution < 1.29 is 27.4 Å². The van der Waals surface area contributed by atoms with E-state index in [1.165, 1.54) is 0 Å². The fourth-order valence-electron chi connectivity index (χ4n) is 3.40. The number of piperazine rings is 1. The molecule has 31 heavy (non-hydrogen) atoms. The number of carbonyl (C=O) groups excluding carboxylic acids is 1. The van der Waals surface area contributed by atoms with E-state index in [9.17, 15) is 28.1 Å². The summed E-state index contributed by atoms with van der Waals surface area (Å²) < 4.78 is 43.8. The van der Waals surface area contributed by atoms with Gasteiger partial charge in [-0.3, -0.25) is 14.9 Å². The van der Waals surface area contributed by atoms with Crippen molar-refractivity contribution >= 4 is 17.3 Å². The Morgan fingerprint density at radius 1 is 1.23 bits per heavy atom. The third-order valence-corrected chi connectivity index (χ3v) is 5.01. The molecule has 12 heteroatoms. The summed E-state index contributed by atoms with van der Waals surface area (Å²) in [4.78, 5) is 30.4. The van der Waals surface area contributed by atoms with Crippen LogP contribution in [0, 0.1) is 10.1 Å². The minimum Gasteiger partial charge on any atom is -0.362 e. The van der Waals surface area contributed by atoms with Crippen molar-refractivity contribution in [1.29, 1.82) is 0 Å². The molecule has 0 aliphatic carbocycles. The Balaban J connectivity index is 1.58. The number of amides is 1. The summed E-state index contributed by atoms with van der Waals surface area (Å²) in [6, 6.07) is 2.49. The van der Waals surface area contributed by atoms with E-state index >= 15 is 0 Å². The molecule has 0 saturated carbocycles. The van der Waals surface area contributed by atoms with Crippen LogP contribution in [0.25, 0.3) is 0 Å². The first-order chi connectivity index (χ1) is 14.7. The number of benzene rings is 1. The predicted molar refractivity (Wildman–Crippen MR) is 104 cm³/mol. The van der Waals surface area contributed by atoms with Crippen molar-refractivity contribution in [2.45, 2.75) is 38.8 Å². The second-order valence-corrected chi connectivity index (χ2v) is 7.18. The van der Waals surface area contributed by atoms with Gasteiger partial charge >= 0.3 is 6.18 Å². The van der Waals surface area contributed by atoms with Crippen molar-refractivity contribution in [2.75, 3.05) is 31.1 Å². The summed E-state index contributed by atoms with van der Waals surface area (Å²) in [6.45, 7) is 3.17. The van der Waals surface area contributed by atoms with Gasteiger partial charge in [-0.05, 0) is 18.6 Å². The number of alkyl halides is 3. The zero-order chi connectivity index (χ0) is 22.6. The van der Waals surface area contributed by atoms with Gasteiger partial charge in [0.15, 0.2) is 5.82 Å². The Bertz CT molecular complexity index is 939. The maximum atomic E-state index is 12.9. The Morgan fingerprint density at radius 2 is 1.94 bits per heavy atom. The molecule has 0 spiro atoms. The number of hydrogen-bond acceptors (Lipinski definition) is 7. The summed E-state index contributed by atoms with van der Waals surface area (Å²) in [5, 5.41) is 15.1. The number of nitro benzene ring substituents is 1. The quantitative estimate of drug-likeness (QED) is 0.480. The van der Waals surface area contributed by atoms with E-state index in [0.29, 0.717) is 43.7 Å². The Hall–Kier alpha value is -3.18. The molecular formula is C19H22F3N5O4. The number of anilines is 1. The van der Waals surface area contributed by atoms with E-state index in [1.54, 1.807) is 9.80 Å². The average molecular weight is 441 g/mol. The molecular weight excluding hydrogens is 419 g/mol. The van der Waals surface area contributed by atoms with Gasteiger partial charge in [0.1, 0.15) is 5.69 Å². The smallest absolute Gasteiger partial charge is 0.362 e. The molecule has 9 nitrogen and oxygen atoms in total. The van der Waals surface area contributed by atoms with Crippen LogP contribution in [-0.4, -0.2) is 52.1 Å². The van der Waals surface area contributed by atoms with Crippen LogP contribution in [0.5, 0.6) is 0 Å². The molecule has 1 saturated heterocycles. The first-order valence-corrected chi connectivity index (χ1v) is 9.89. The molecule has 2 aromatic rings. The number of aromatic nitrogens is 2. The summed E-state index contributed by atoms with van der Waals surface area (Å²) in [5.41, 5.74) is -1.56. The Labute approximate surface area is 176 Å². The van der Waals surface area contributed by atoms with Crippen molar-refractivity contribution in [3.8, 4) is 0 Å². The SMILES string of the molecule is CCCc1noc(CCC(=O)N2CCN(c3ccc(C(F)(F)F)cc3[N+](=O)[O-])CC2)n1. The fourth-order valence-corrected chi connectivity index (χ4v) is 3.40. The van der Waals surface area contributed by atoms with Crippen LogP contribution in [0.4, 0.5) is 24.5 Å². The number of halogens is 3. The molecule has 3 rings (SSSR count). The van der Waals surface area contributed by atoms with Crippen LogP contribution in [0.1, 0.15) is 37.0 Å². The first-order valence-electron chi connectivity index (χ1n) is 9.89. The fraction of sp³-hybridized carbons (Fsp3) is 0.526. The summed E-state index contributed by atoms with van der Waals surface area (Å²) >= 11 is 0. The van der Waals surface area contributed by atoms with E-state index in [2.05, 4.69) is 10.1 Å². The third kappa shape index (κ3) is 5.50. The molecule has 2 heterocycles. The molecule has 0 bridgehead atoms. The minimum atomic E-state index is -4.66. The lowest BCUT2D eigenvalue weighted by Crippen LogP contribution is -2.49. The number of hydrogen-bond donors (Lipinski definition) is 0. The van der Waals surface area contributed by atoms with Gasteiger partial charge in [0.05, 0.1) is 10.5 Å². The van der Waals surface area contributed by atoms with Gasteiger partial charge in [0.2, 0.25) is 11.8 Å². The third-order valence-electron chi connectivity index (χ3n) is 5.01. The van der Waals surface area contributed by atoms with E-state index < -0.39 is 22.4 Å². The van der Waals surface area contributed by atoms with Crippen molar-refractivity contribution in [3.05, 3.63) is 45.6 Å². The van der Waals surface area contributed by atoms with Crippen molar-refractivity contribution in [2.24, 2.45) is 0 Å². The molecule has 0 atom stereocenters. The van der Waals surface area contributed by atoms with Crippen molar-refractivity contribution in [3.63, 3.8) is 0 Å². The van der Waals surface area contributed by atoms with E-state index in [0.717, 1.165) is 18.6 Å². The Morgan fingerprint density at radius 3 is 2.55 bits per heavy atom. The lowest BCUT2D eigenvalue weighted by molar-refractivity contribution is -0.384. The van der Waals surface area contributed by atoms with Gasteiger partial charge in [0.25, 0.3) is 5.69 Å². The van der Waals surface area contributed by atoms with Gasteiger partial charge in [0, 0.05) is 51.5 Å². The van der Waals surface area contributed by atoms with Crippen LogP contribution in [0.2, 0.25) is 0 Å². The summed E-state index contributed by atoms with van der Waals surface area (Å²) in [5.74, 6) is 0.893. The van der Waals surface area contributed by atoms with Crippen LogP contribution in [-0.2, 0) is 23.8 Å². The number of nitrogens with zero attached hydrogens (tertiary/aromatic N) is 5. The van der Waals surface area contributed by atoms with Gasteiger partial charge < -0.3 is 14.3 Å². The van der Waals surface area contributed by atoms with E-state index in [1.807, 2.05) is 6.92 Å². The zero-order valence-electron chi connectivity index (χ0n) is 16.9. The zero-order valence-corrected chi connectivity index (χ0v) is 16.9. The van der Waals surface area contributed by atoms with E-state index in [4.69, 9.17) is 4.52 Å². The monoisotopic (exact) mass is 441 g/mol. The maximum Gasteiger partial charge on any atom is 0.416 e. The summed E-state index contributed by atoms with van der Waals surface area (Å²) in [6.07, 6.45) is -2.56. The van der Waals surface area contributed by atoms with Crippen LogP contribution < -0.4 is 4.90 Å². The summed E-state index contributed by atoms with van der Waals surface area (Å²) in [7, 11) is 0. The molecule has 1 aliphatic heterocycles. The van der Waals surface area contributed by atoms with Gasteiger partial charge in [-0.1, -0.05) is 12.1 Å². The van der Waals surface area contributed by atoms with Crippen molar-refractivity contribution in [1.82, 2.24) is 15.0 Å². The first kappa shape index (κ1) is 22.5. The number of carbonyl (C=O) groups is 1. The molecule has 1 aliphatic rings. The normalized spacial score (nSPS) is 14.7. The highest BCUT2D eigenvalue weighted by Crippen LogP contribution is 2.36. The standard InChI is InChI=1S/C19H22F3N5O4/c1-2-3-16-23-17(31-24-16)6-7-18(28)26-10-8-25(9-11-26)14-5-4-13(19(20,21)22)12-15(14)27(29)30/h4-5,12H,2-3,6-11H2,1H3. The lowest BCUT2D eigenvalue weighted by Gasteiger charge is -2.36. The molecule has 1 aromatic heterocycles. The average Bonchev–Trinajstić information content (AvgIpc) is 3.19. The molecule has 168 valence electrons. The van der Waals surface area contributed by atoms with E-state index in [-0.39, 0.29) is 31.1 Å². The van der Waals surface area contributed by atoms with Gasteiger partial charge in [-0.2, -0.15) is 18.2 Å².